The summed E-state index contributed by atoms with van der Waals surface area (Å²) in [6, 6.07) is 10.2. The van der Waals surface area contributed by atoms with Crippen molar-refractivity contribution in [3.05, 3.63) is 35.9 Å². The fourth-order valence-corrected chi connectivity index (χ4v) is 3.31. The summed E-state index contributed by atoms with van der Waals surface area (Å²) >= 11 is 0. The maximum atomic E-state index is 12.3. The number of nitrogens with one attached hydrogen (secondary N) is 3. The second kappa shape index (κ2) is 10.8. The standard InChI is InChI=1S/C22H35N5O2/c1-5-23-21(25-15-19(28)26-22(2,3)4)24-14-18-13-20(29)27(16-18)12-11-17-9-7-6-8-10-17/h6-10,18H,5,11-16H2,1-4H3,(H,26,28)(H2,23,24,25). The Hall–Kier alpha value is -2.57. The molecule has 160 valence electrons. The van der Waals surface area contributed by atoms with Crippen molar-refractivity contribution in [3.8, 4) is 0 Å². The molecule has 0 aromatic heterocycles. The van der Waals surface area contributed by atoms with Gasteiger partial charge in [0, 0.05) is 44.1 Å². The Morgan fingerprint density at radius 2 is 1.93 bits per heavy atom. The van der Waals surface area contributed by atoms with E-state index in [1.807, 2.05) is 50.8 Å². The summed E-state index contributed by atoms with van der Waals surface area (Å²) in [5.74, 6) is 0.939. The Morgan fingerprint density at radius 1 is 1.21 bits per heavy atom. The first-order valence-corrected chi connectivity index (χ1v) is 10.4. The van der Waals surface area contributed by atoms with Crippen molar-refractivity contribution in [2.24, 2.45) is 10.9 Å². The van der Waals surface area contributed by atoms with E-state index in [1.165, 1.54) is 5.56 Å². The second-order valence-electron chi connectivity index (χ2n) is 8.52. The molecule has 1 aliphatic rings. The molecule has 1 aromatic rings. The van der Waals surface area contributed by atoms with E-state index in [0.717, 1.165) is 19.5 Å². The predicted molar refractivity (Wildman–Crippen MR) is 117 cm³/mol. The van der Waals surface area contributed by atoms with Crippen molar-refractivity contribution in [1.29, 1.82) is 0 Å². The van der Waals surface area contributed by atoms with Gasteiger partial charge in [0.25, 0.3) is 0 Å². The summed E-state index contributed by atoms with van der Waals surface area (Å²) < 4.78 is 0. The average Bonchev–Trinajstić information content (AvgIpc) is 3.01. The number of benzene rings is 1. The van der Waals surface area contributed by atoms with Gasteiger partial charge in [0.05, 0.1) is 0 Å². The molecule has 0 spiro atoms. The number of amides is 2. The van der Waals surface area contributed by atoms with Crippen LogP contribution in [0.5, 0.6) is 0 Å². The zero-order valence-electron chi connectivity index (χ0n) is 18.1. The van der Waals surface area contributed by atoms with Gasteiger partial charge >= 0.3 is 0 Å². The molecule has 3 N–H and O–H groups in total. The van der Waals surface area contributed by atoms with E-state index in [-0.39, 0.29) is 29.8 Å². The maximum Gasteiger partial charge on any atom is 0.242 e. The molecular formula is C22H35N5O2. The summed E-state index contributed by atoms with van der Waals surface area (Å²) in [7, 11) is 0. The number of carbonyl (C=O) groups excluding carboxylic acids is 2. The molecule has 1 aliphatic heterocycles. The Bertz CT molecular complexity index is 697. The number of nitrogens with zero attached hydrogens (tertiary/aromatic N) is 2. The molecule has 1 heterocycles. The van der Waals surface area contributed by atoms with Crippen molar-refractivity contribution < 1.29 is 9.59 Å². The van der Waals surface area contributed by atoms with E-state index >= 15 is 0 Å². The van der Waals surface area contributed by atoms with E-state index in [9.17, 15) is 9.59 Å². The fourth-order valence-electron chi connectivity index (χ4n) is 3.31. The number of hydrogen-bond acceptors (Lipinski definition) is 3. The van der Waals surface area contributed by atoms with Crippen molar-refractivity contribution in [3.63, 3.8) is 0 Å². The van der Waals surface area contributed by atoms with Crippen molar-refractivity contribution in [1.82, 2.24) is 20.9 Å². The highest BCUT2D eigenvalue weighted by atomic mass is 16.2. The molecule has 2 amide bonds. The van der Waals surface area contributed by atoms with Crippen LogP contribution in [0.4, 0.5) is 0 Å². The number of likely N-dealkylation sites (tertiary alicyclic amines) is 1. The third-order valence-corrected chi connectivity index (χ3v) is 4.61. The maximum absolute atomic E-state index is 12.3. The van der Waals surface area contributed by atoms with E-state index in [0.29, 0.717) is 25.5 Å². The first-order valence-electron chi connectivity index (χ1n) is 10.4. The first-order chi connectivity index (χ1) is 13.8. The molecule has 0 saturated carbocycles. The van der Waals surface area contributed by atoms with Gasteiger partial charge in [-0.05, 0) is 39.7 Å². The lowest BCUT2D eigenvalue weighted by molar-refractivity contribution is -0.127. The lowest BCUT2D eigenvalue weighted by Crippen LogP contribution is -2.44. The van der Waals surface area contributed by atoms with Crippen LogP contribution >= 0.6 is 0 Å². The monoisotopic (exact) mass is 401 g/mol. The summed E-state index contributed by atoms with van der Waals surface area (Å²) in [6.07, 6.45) is 1.42. The van der Waals surface area contributed by atoms with Crippen LogP contribution in [0.25, 0.3) is 0 Å². The van der Waals surface area contributed by atoms with Gasteiger partial charge in [0.15, 0.2) is 5.96 Å². The highest BCUT2D eigenvalue weighted by molar-refractivity contribution is 5.85. The van der Waals surface area contributed by atoms with Gasteiger partial charge in [-0.1, -0.05) is 30.3 Å². The van der Waals surface area contributed by atoms with Crippen LogP contribution in [0.2, 0.25) is 0 Å². The number of guanidine groups is 1. The van der Waals surface area contributed by atoms with Gasteiger partial charge in [0.1, 0.15) is 6.54 Å². The number of carbonyl (C=O) groups is 2. The predicted octanol–water partition coefficient (Wildman–Crippen LogP) is 1.55. The molecule has 1 saturated heterocycles. The Balaban J connectivity index is 1.79. The minimum absolute atomic E-state index is 0.0689. The van der Waals surface area contributed by atoms with Gasteiger partial charge < -0.3 is 20.9 Å². The van der Waals surface area contributed by atoms with Crippen LogP contribution in [0.1, 0.15) is 39.7 Å². The molecule has 1 unspecified atom stereocenters. The number of aliphatic imine (C=N–C) groups is 1. The smallest absolute Gasteiger partial charge is 0.242 e. The molecule has 7 heteroatoms. The van der Waals surface area contributed by atoms with Crippen molar-refractivity contribution in [2.75, 3.05) is 32.7 Å². The average molecular weight is 402 g/mol. The number of rotatable bonds is 8. The van der Waals surface area contributed by atoms with Gasteiger partial charge in [-0.3, -0.25) is 9.59 Å². The summed E-state index contributed by atoms with van der Waals surface area (Å²) in [4.78, 5) is 30.6. The fraction of sp³-hybridized carbons (Fsp3) is 0.591. The molecule has 0 radical (unpaired) electrons. The van der Waals surface area contributed by atoms with Crippen LogP contribution in [-0.4, -0.2) is 60.9 Å². The third kappa shape index (κ3) is 8.54. The van der Waals surface area contributed by atoms with Crippen LogP contribution < -0.4 is 16.0 Å². The highest BCUT2D eigenvalue weighted by Crippen LogP contribution is 2.17. The Morgan fingerprint density at radius 3 is 2.59 bits per heavy atom. The van der Waals surface area contributed by atoms with E-state index < -0.39 is 0 Å². The minimum Gasteiger partial charge on any atom is -0.357 e. The lowest BCUT2D eigenvalue weighted by atomic mass is 10.1. The summed E-state index contributed by atoms with van der Waals surface area (Å²) in [5, 5.41) is 9.33. The van der Waals surface area contributed by atoms with E-state index in [1.54, 1.807) is 0 Å². The Kier molecular flexibility index (Phi) is 8.49. The largest absolute Gasteiger partial charge is 0.357 e. The third-order valence-electron chi connectivity index (χ3n) is 4.61. The molecule has 0 bridgehead atoms. The van der Waals surface area contributed by atoms with Crippen LogP contribution in [0, 0.1) is 5.92 Å². The van der Waals surface area contributed by atoms with Gasteiger partial charge in [-0.15, -0.1) is 0 Å². The lowest BCUT2D eigenvalue weighted by Gasteiger charge is -2.20. The van der Waals surface area contributed by atoms with Crippen LogP contribution in [0.15, 0.2) is 35.3 Å². The highest BCUT2D eigenvalue weighted by Gasteiger charge is 2.29. The summed E-state index contributed by atoms with van der Waals surface area (Å²) in [5.41, 5.74) is 0.975. The molecule has 0 aliphatic carbocycles. The molecule has 29 heavy (non-hydrogen) atoms. The minimum atomic E-state index is -0.272. The molecule has 1 aromatic carbocycles. The molecule has 1 fully saturated rings. The first kappa shape index (κ1) is 22.7. The zero-order valence-corrected chi connectivity index (χ0v) is 18.1. The normalized spacial score (nSPS) is 17.4. The van der Waals surface area contributed by atoms with Crippen molar-refractivity contribution >= 4 is 17.8 Å². The van der Waals surface area contributed by atoms with E-state index in [2.05, 4.69) is 33.1 Å². The summed E-state index contributed by atoms with van der Waals surface area (Å²) in [6.45, 7) is 10.7. The van der Waals surface area contributed by atoms with Crippen LogP contribution in [-0.2, 0) is 16.0 Å². The van der Waals surface area contributed by atoms with Crippen molar-refractivity contribution in [2.45, 2.75) is 46.1 Å². The van der Waals surface area contributed by atoms with E-state index in [4.69, 9.17) is 0 Å². The van der Waals surface area contributed by atoms with Gasteiger partial charge in [0.2, 0.25) is 11.8 Å². The number of hydrogen-bond donors (Lipinski definition) is 3. The van der Waals surface area contributed by atoms with Gasteiger partial charge in [-0.25, -0.2) is 4.99 Å². The topological polar surface area (TPSA) is 85.8 Å². The quantitative estimate of drug-likeness (QED) is 0.456. The molecular weight excluding hydrogens is 366 g/mol. The second-order valence-corrected chi connectivity index (χ2v) is 8.52. The molecule has 1 atom stereocenters. The molecule has 7 nitrogen and oxygen atoms in total. The SMILES string of the molecule is CCNC(=NCC(=O)NC(C)(C)C)NCC1CC(=O)N(CCc2ccccc2)C1. The Labute approximate surface area is 174 Å². The van der Waals surface area contributed by atoms with Crippen LogP contribution in [0.3, 0.4) is 0 Å². The zero-order chi connectivity index (χ0) is 21.3. The molecule has 2 rings (SSSR count). The van der Waals surface area contributed by atoms with Gasteiger partial charge in [-0.2, -0.15) is 0 Å².